The van der Waals surface area contributed by atoms with E-state index >= 15 is 0 Å². The standard InChI is InChI=1S/C32H30N2O2/c33-23-28-29(34)27(22-30(28)16-18-31(19-17-30)35-20-21-36-31)32(24-10-4-1-5-11-24,25-12-6-2-7-13-25)26-14-8-3-9-15-26/h1-15,22H,16-21,34H2. The molecule has 0 atom stereocenters. The third-order valence-electron chi connectivity index (χ3n) is 8.33. The Hall–Kier alpha value is -3.65. The fourth-order valence-corrected chi connectivity index (χ4v) is 6.60. The Labute approximate surface area is 212 Å². The van der Waals surface area contributed by atoms with Gasteiger partial charge in [0.1, 0.15) is 0 Å². The molecule has 1 aliphatic heterocycles. The lowest BCUT2D eigenvalue weighted by atomic mass is 9.63. The van der Waals surface area contributed by atoms with Gasteiger partial charge in [-0.15, -0.1) is 0 Å². The number of allylic oxidation sites excluding steroid dienone is 3. The van der Waals surface area contributed by atoms with Crippen LogP contribution in [0.4, 0.5) is 0 Å². The summed E-state index contributed by atoms with van der Waals surface area (Å²) in [5.41, 5.74) is 11.6. The molecule has 180 valence electrons. The lowest BCUT2D eigenvalue weighted by molar-refractivity contribution is -0.185. The summed E-state index contributed by atoms with van der Waals surface area (Å²) in [6.07, 6.45) is 5.37. The highest BCUT2D eigenvalue weighted by Gasteiger charge is 2.53. The lowest BCUT2D eigenvalue weighted by Crippen LogP contribution is -2.39. The highest BCUT2D eigenvalue weighted by Crippen LogP contribution is 2.58. The zero-order valence-electron chi connectivity index (χ0n) is 20.3. The summed E-state index contributed by atoms with van der Waals surface area (Å²) in [4.78, 5) is 0. The van der Waals surface area contributed by atoms with Gasteiger partial charge in [0.05, 0.1) is 36.0 Å². The van der Waals surface area contributed by atoms with Crippen molar-refractivity contribution in [1.82, 2.24) is 0 Å². The van der Waals surface area contributed by atoms with Gasteiger partial charge in [0, 0.05) is 18.3 Å². The van der Waals surface area contributed by atoms with Crippen molar-refractivity contribution in [2.45, 2.75) is 36.9 Å². The van der Waals surface area contributed by atoms with Crippen molar-refractivity contribution in [3.8, 4) is 6.07 Å². The van der Waals surface area contributed by atoms with Gasteiger partial charge >= 0.3 is 0 Å². The van der Waals surface area contributed by atoms with E-state index in [9.17, 15) is 5.26 Å². The lowest BCUT2D eigenvalue weighted by Gasteiger charge is -2.41. The molecule has 1 saturated heterocycles. The topological polar surface area (TPSA) is 68.3 Å². The molecular formula is C32H30N2O2. The monoisotopic (exact) mass is 474 g/mol. The van der Waals surface area contributed by atoms with Crippen LogP contribution in [0.3, 0.4) is 0 Å². The van der Waals surface area contributed by atoms with Crippen LogP contribution < -0.4 is 5.73 Å². The minimum atomic E-state index is -0.658. The van der Waals surface area contributed by atoms with Crippen molar-refractivity contribution < 1.29 is 9.47 Å². The number of nitrogens with zero attached hydrogens (tertiary/aromatic N) is 1. The minimum Gasteiger partial charge on any atom is -0.398 e. The van der Waals surface area contributed by atoms with Crippen LogP contribution >= 0.6 is 0 Å². The Morgan fingerprint density at radius 3 is 1.56 bits per heavy atom. The maximum Gasteiger partial charge on any atom is 0.168 e. The fraction of sp³-hybridized carbons (Fsp3) is 0.281. The number of nitrogens with two attached hydrogens (primary N) is 1. The zero-order chi connectivity index (χ0) is 24.6. The molecule has 0 aromatic heterocycles. The average molecular weight is 475 g/mol. The van der Waals surface area contributed by atoms with Crippen molar-refractivity contribution in [2.75, 3.05) is 13.2 Å². The highest BCUT2D eigenvalue weighted by atomic mass is 16.7. The molecule has 3 aromatic rings. The molecular weight excluding hydrogens is 444 g/mol. The van der Waals surface area contributed by atoms with Crippen molar-refractivity contribution in [3.63, 3.8) is 0 Å². The van der Waals surface area contributed by atoms with Gasteiger partial charge in [-0.3, -0.25) is 0 Å². The Kier molecular flexibility index (Phi) is 5.56. The van der Waals surface area contributed by atoms with Gasteiger partial charge in [0.2, 0.25) is 0 Å². The second-order valence-corrected chi connectivity index (χ2v) is 10.1. The molecule has 0 bridgehead atoms. The minimum absolute atomic E-state index is 0.418. The molecule has 3 aliphatic rings. The molecule has 0 radical (unpaired) electrons. The third kappa shape index (κ3) is 3.35. The van der Waals surface area contributed by atoms with E-state index in [-0.39, 0.29) is 0 Å². The van der Waals surface area contributed by atoms with Gasteiger partial charge < -0.3 is 15.2 Å². The van der Waals surface area contributed by atoms with Gasteiger partial charge in [0.25, 0.3) is 0 Å². The van der Waals surface area contributed by atoms with E-state index in [2.05, 4.69) is 84.9 Å². The van der Waals surface area contributed by atoms with E-state index < -0.39 is 16.6 Å². The normalized spacial score (nSPS) is 20.5. The molecule has 3 aromatic carbocycles. The van der Waals surface area contributed by atoms with Gasteiger partial charge in [-0.1, -0.05) is 97.1 Å². The maximum atomic E-state index is 10.4. The summed E-state index contributed by atoms with van der Waals surface area (Å²) in [5, 5.41) is 10.4. The predicted molar refractivity (Wildman–Crippen MR) is 140 cm³/mol. The molecule has 1 heterocycles. The van der Waals surface area contributed by atoms with Crippen molar-refractivity contribution in [3.05, 3.63) is 131 Å². The van der Waals surface area contributed by atoms with Crippen LogP contribution in [0.5, 0.6) is 0 Å². The number of hydrogen-bond acceptors (Lipinski definition) is 4. The van der Waals surface area contributed by atoms with Gasteiger partial charge in [-0.2, -0.15) is 5.26 Å². The number of nitriles is 1. The van der Waals surface area contributed by atoms with Gasteiger partial charge in [-0.25, -0.2) is 0 Å². The summed E-state index contributed by atoms with van der Waals surface area (Å²) in [6, 6.07) is 34.1. The molecule has 1 saturated carbocycles. The molecule has 0 amide bonds. The first kappa shape index (κ1) is 22.8. The summed E-state index contributed by atoms with van der Waals surface area (Å²) in [7, 11) is 0. The smallest absolute Gasteiger partial charge is 0.168 e. The second-order valence-electron chi connectivity index (χ2n) is 10.1. The van der Waals surface area contributed by atoms with Crippen LogP contribution in [0.1, 0.15) is 42.4 Å². The number of benzene rings is 3. The second kappa shape index (κ2) is 8.78. The predicted octanol–water partition coefficient (Wildman–Crippen LogP) is 6.00. The van der Waals surface area contributed by atoms with E-state index in [1.54, 1.807) is 0 Å². The van der Waals surface area contributed by atoms with Crippen LogP contribution in [0.2, 0.25) is 0 Å². The number of hydrogen-bond donors (Lipinski definition) is 1. The van der Waals surface area contributed by atoms with Crippen LogP contribution in [-0.2, 0) is 14.9 Å². The third-order valence-corrected chi connectivity index (χ3v) is 8.33. The molecule has 2 aliphatic carbocycles. The molecule has 36 heavy (non-hydrogen) atoms. The fourth-order valence-electron chi connectivity index (χ4n) is 6.60. The maximum absolute atomic E-state index is 10.4. The summed E-state index contributed by atoms with van der Waals surface area (Å²) in [6.45, 7) is 1.27. The Morgan fingerprint density at radius 1 is 0.694 bits per heavy atom. The Balaban J connectivity index is 1.60. The van der Waals surface area contributed by atoms with Crippen molar-refractivity contribution in [1.29, 1.82) is 5.26 Å². The summed E-state index contributed by atoms with van der Waals surface area (Å²) in [5.74, 6) is -0.507. The van der Waals surface area contributed by atoms with E-state index in [1.165, 1.54) is 0 Å². The van der Waals surface area contributed by atoms with Crippen LogP contribution in [0, 0.1) is 16.7 Å². The molecule has 2 fully saturated rings. The molecule has 6 rings (SSSR count). The summed E-state index contributed by atoms with van der Waals surface area (Å²) >= 11 is 0. The Morgan fingerprint density at radius 2 is 1.14 bits per heavy atom. The molecule has 2 spiro atoms. The first-order chi connectivity index (χ1) is 17.6. The number of ether oxygens (including phenoxy) is 2. The summed E-state index contributed by atoms with van der Waals surface area (Å²) < 4.78 is 12.0. The van der Waals surface area contributed by atoms with Gasteiger partial charge in [-0.05, 0) is 35.1 Å². The van der Waals surface area contributed by atoms with E-state index in [0.29, 0.717) is 24.5 Å². The van der Waals surface area contributed by atoms with Crippen LogP contribution in [-0.4, -0.2) is 19.0 Å². The van der Waals surface area contributed by atoms with Crippen LogP contribution in [0.15, 0.2) is 114 Å². The largest absolute Gasteiger partial charge is 0.398 e. The van der Waals surface area contributed by atoms with E-state index in [0.717, 1.165) is 47.9 Å². The Bertz CT molecular complexity index is 1240. The molecule has 2 N–H and O–H groups in total. The quantitative estimate of drug-likeness (QED) is 0.471. The molecule has 4 nitrogen and oxygen atoms in total. The van der Waals surface area contributed by atoms with Crippen molar-refractivity contribution >= 4 is 0 Å². The average Bonchev–Trinajstić information content (AvgIpc) is 3.51. The first-order valence-electron chi connectivity index (χ1n) is 12.7. The van der Waals surface area contributed by atoms with E-state index in [1.807, 2.05) is 18.2 Å². The zero-order valence-corrected chi connectivity index (χ0v) is 20.3. The molecule has 4 heteroatoms. The molecule has 0 unspecified atom stereocenters. The van der Waals surface area contributed by atoms with E-state index in [4.69, 9.17) is 15.2 Å². The van der Waals surface area contributed by atoms with Crippen molar-refractivity contribution in [2.24, 2.45) is 11.1 Å². The number of rotatable bonds is 4. The first-order valence-corrected chi connectivity index (χ1v) is 12.7. The highest BCUT2D eigenvalue weighted by molar-refractivity contribution is 5.68. The van der Waals surface area contributed by atoms with Gasteiger partial charge in [0.15, 0.2) is 5.79 Å². The van der Waals surface area contributed by atoms with Crippen LogP contribution in [0.25, 0.3) is 0 Å². The SMILES string of the molecule is N#CC1=C(N)C(C(c2ccccc2)(c2ccccc2)c2ccccc2)=CC12CCC1(CC2)OCCO1.